The van der Waals surface area contributed by atoms with Crippen LogP contribution in [0.4, 0.5) is 16.5 Å². The lowest BCUT2D eigenvalue weighted by Gasteiger charge is -2.09. The number of hydrogen-bond acceptors (Lipinski definition) is 7. The van der Waals surface area contributed by atoms with E-state index in [1.54, 1.807) is 7.11 Å². The van der Waals surface area contributed by atoms with Gasteiger partial charge in [0.05, 0.1) is 12.9 Å². The molecule has 2 aromatic carbocycles. The number of benzene rings is 2. The number of nitrogens with one attached hydrogen (secondary N) is 2. The van der Waals surface area contributed by atoms with Crippen molar-refractivity contribution in [1.29, 1.82) is 0 Å². The summed E-state index contributed by atoms with van der Waals surface area (Å²) in [6, 6.07) is 15.5. The summed E-state index contributed by atoms with van der Waals surface area (Å²) in [5.41, 5.74) is 2.88. The van der Waals surface area contributed by atoms with Crippen molar-refractivity contribution in [2.75, 3.05) is 23.5 Å². The molecule has 0 bridgehead atoms. The van der Waals surface area contributed by atoms with Crippen LogP contribution in [-0.2, 0) is 4.79 Å². The fraction of sp³-hybridized carbons (Fsp3) is 0.250. The molecule has 3 aromatic rings. The third kappa shape index (κ3) is 5.71. The van der Waals surface area contributed by atoms with Crippen LogP contribution in [0.1, 0.15) is 25.3 Å². The van der Waals surface area contributed by atoms with Crippen molar-refractivity contribution in [1.82, 2.24) is 10.2 Å². The third-order valence-corrected chi connectivity index (χ3v) is 5.86. The molecule has 146 valence electrons. The number of aromatic nitrogens is 2. The van der Waals surface area contributed by atoms with E-state index in [1.807, 2.05) is 42.5 Å². The number of amides is 1. The zero-order chi connectivity index (χ0) is 19.9. The quantitative estimate of drug-likeness (QED) is 0.497. The summed E-state index contributed by atoms with van der Waals surface area (Å²) in [5.74, 6) is 1.40. The van der Waals surface area contributed by atoms with Crippen LogP contribution >= 0.6 is 23.1 Å². The lowest BCUT2D eigenvalue weighted by atomic mass is 10.0. The van der Waals surface area contributed by atoms with E-state index in [0.29, 0.717) is 11.0 Å². The predicted octanol–water partition coefficient (Wildman–Crippen LogP) is 5.14. The molecule has 0 aliphatic rings. The first kappa shape index (κ1) is 20.2. The minimum absolute atomic E-state index is 0.0663. The van der Waals surface area contributed by atoms with Crippen molar-refractivity contribution in [3.05, 3.63) is 54.1 Å². The number of carbonyl (C=O) groups excluding carboxylic acids is 1. The average molecular weight is 415 g/mol. The summed E-state index contributed by atoms with van der Waals surface area (Å²) >= 11 is 2.77. The van der Waals surface area contributed by atoms with Gasteiger partial charge in [-0.1, -0.05) is 55.1 Å². The second-order valence-electron chi connectivity index (χ2n) is 6.35. The Labute approximate surface area is 172 Å². The van der Waals surface area contributed by atoms with Gasteiger partial charge in [-0.25, -0.2) is 0 Å². The molecule has 2 N–H and O–H groups in total. The van der Waals surface area contributed by atoms with E-state index < -0.39 is 0 Å². The van der Waals surface area contributed by atoms with Gasteiger partial charge in [0, 0.05) is 17.4 Å². The molecule has 1 heterocycles. The molecule has 0 unspecified atom stereocenters. The van der Waals surface area contributed by atoms with Crippen LogP contribution in [0.2, 0.25) is 0 Å². The Hall–Kier alpha value is -2.58. The Morgan fingerprint density at radius 3 is 2.71 bits per heavy atom. The lowest BCUT2D eigenvalue weighted by molar-refractivity contribution is -0.113. The van der Waals surface area contributed by atoms with E-state index in [2.05, 4.69) is 40.7 Å². The first-order valence-corrected chi connectivity index (χ1v) is 10.6. The molecule has 3 rings (SSSR count). The number of ether oxygens (including phenoxy) is 1. The fourth-order valence-corrected chi connectivity index (χ4v) is 4.01. The van der Waals surface area contributed by atoms with Crippen molar-refractivity contribution >= 4 is 45.5 Å². The van der Waals surface area contributed by atoms with Crippen molar-refractivity contribution < 1.29 is 9.53 Å². The highest BCUT2D eigenvalue weighted by Crippen LogP contribution is 2.29. The van der Waals surface area contributed by atoms with E-state index >= 15 is 0 Å². The smallest absolute Gasteiger partial charge is 0.234 e. The SMILES string of the molecule is COc1cccc(Nc2nnc(SCC(=O)Nc3cccc(C(C)C)c3)s2)c1. The Morgan fingerprint density at radius 2 is 1.93 bits per heavy atom. The molecular weight excluding hydrogens is 392 g/mol. The molecule has 0 saturated carbocycles. The molecule has 0 spiro atoms. The molecule has 1 amide bonds. The minimum Gasteiger partial charge on any atom is -0.497 e. The summed E-state index contributed by atoms with van der Waals surface area (Å²) in [5, 5.41) is 15.0. The van der Waals surface area contributed by atoms with Gasteiger partial charge in [-0.3, -0.25) is 4.79 Å². The van der Waals surface area contributed by atoms with Crippen LogP contribution in [0, 0.1) is 0 Å². The number of nitrogens with zero attached hydrogens (tertiary/aromatic N) is 2. The second kappa shape index (κ2) is 9.57. The summed E-state index contributed by atoms with van der Waals surface area (Å²) in [4.78, 5) is 12.2. The molecule has 1 aromatic heterocycles. The molecule has 8 heteroatoms. The lowest BCUT2D eigenvalue weighted by Crippen LogP contribution is -2.14. The van der Waals surface area contributed by atoms with Crippen LogP contribution in [0.5, 0.6) is 5.75 Å². The first-order chi connectivity index (χ1) is 13.5. The van der Waals surface area contributed by atoms with E-state index in [-0.39, 0.29) is 11.7 Å². The van der Waals surface area contributed by atoms with E-state index in [4.69, 9.17) is 4.74 Å². The minimum atomic E-state index is -0.0663. The van der Waals surface area contributed by atoms with E-state index in [0.717, 1.165) is 21.5 Å². The third-order valence-electron chi connectivity index (χ3n) is 3.89. The summed E-state index contributed by atoms with van der Waals surface area (Å²) < 4.78 is 5.94. The highest BCUT2D eigenvalue weighted by molar-refractivity contribution is 8.01. The largest absolute Gasteiger partial charge is 0.497 e. The van der Waals surface area contributed by atoms with Crippen molar-refractivity contribution in [2.45, 2.75) is 24.1 Å². The Balaban J connectivity index is 1.52. The number of carbonyl (C=O) groups is 1. The zero-order valence-corrected chi connectivity index (χ0v) is 17.6. The van der Waals surface area contributed by atoms with Crippen molar-refractivity contribution in [3.63, 3.8) is 0 Å². The van der Waals surface area contributed by atoms with Gasteiger partial charge < -0.3 is 15.4 Å². The topological polar surface area (TPSA) is 76.1 Å². The Bertz CT molecular complexity index is 943. The Morgan fingerprint density at radius 1 is 1.14 bits per heavy atom. The fourth-order valence-electron chi connectivity index (χ4n) is 2.44. The van der Waals surface area contributed by atoms with Crippen LogP contribution in [0.25, 0.3) is 0 Å². The van der Waals surface area contributed by atoms with Gasteiger partial charge in [-0.15, -0.1) is 10.2 Å². The normalized spacial score (nSPS) is 10.7. The van der Waals surface area contributed by atoms with Gasteiger partial charge in [-0.2, -0.15) is 0 Å². The number of methoxy groups -OCH3 is 1. The molecule has 0 saturated heterocycles. The molecule has 0 aliphatic heterocycles. The maximum Gasteiger partial charge on any atom is 0.234 e. The summed E-state index contributed by atoms with van der Waals surface area (Å²) in [6.07, 6.45) is 0. The molecule has 28 heavy (non-hydrogen) atoms. The van der Waals surface area contributed by atoms with Crippen LogP contribution in [0.3, 0.4) is 0 Å². The van der Waals surface area contributed by atoms with E-state index in [1.165, 1.54) is 28.7 Å². The zero-order valence-electron chi connectivity index (χ0n) is 15.9. The maximum atomic E-state index is 12.2. The molecule has 6 nitrogen and oxygen atoms in total. The molecule has 0 radical (unpaired) electrons. The number of anilines is 3. The highest BCUT2D eigenvalue weighted by atomic mass is 32.2. The van der Waals surface area contributed by atoms with Gasteiger partial charge in [0.25, 0.3) is 0 Å². The van der Waals surface area contributed by atoms with Gasteiger partial charge in [0.1, 0.15) is 5.75 Å². The monoisotopic (exact) mass is 414 g/mol. The van der Waals surface area contributed by atoms with Gasteiger partial charge >= 0.3 is 0 Å². The van der Waals surface area contributed by atoms with Crippen LogP contribution in [-0.4, -0.2) is 29.0 Å². The molecular formula is C20H22N4O2S2. The summed E-state index contributed by atoms with van der Waals surface area (Å²) in [6.45, 7) is 4.26. The highest BCUT2D eigenvalue weighted by Gasteiger charge is 2.10. The summed E-state index contributed by atoms with van der Waals surface area (Å²) in [7, 11) is 1.63. The van der Waals surface area contributed by atoms with Crippen molar-refractivity contribution in [3.8, 4) is 5.75 Å². The molecule has 0 aliphatic carbocycles. The molecule has 0 fully saturated rings. The van der Waals surface area contributed by atoms with E-state index in [9.17, 15) is 4.79 Å². The van der Waals surface area contributed by atoms with Crippen LogP contribution in [0.15, 0.2) is 52.9 Å². The Kier molecular flexibility index (Phi) is 6.89. The maximum absolute atomic E-state index is 12.2. The second-order valence-corrected chi connectivity index (χ2v) is 8.55. The standard InChI is InChI=1S/C20H22N4O2S2/c1-13(2)14-6-4-7-15(10-14)21-18(25)12-27-20-24-23-19(28-20)22-16-8-5-9-17(11-16)26-3/h4-11,13H,12H2,1-3H3,(H,21,25)(H,22,23). The predicted molar refractivity (Wildman–Crippen MR) is 116 cm³/mol. The van der Waals surface area contributed by atoms with Gasteiger partial charge in [0.15, 0.2) is 4.34 Å². The number of rotatable bonds is 8. The molecule has 0 atom stereocenters. The van der Waals surface area contributed by atoms with Crippen LogP contribution < -0.4 is 15.4 Å². The van der Waals surface area contributed by atoms with Crippen molar-refractivity contribution in [2.24, 2.45) is 0 Å². The van der Waals surface area contributed by atoms with Gasteiger partial charge in [0.2, 0.25) is 11.0 Å². The average Bonchev–Trinajstić information content (AvgIpc) is 3.14. The number of thioether (sulfide) groups is 1. The first-order valence-electron chi connectivity index (χ1n) is 8.80. The number of hydrogen-bond donors (Lipinski definition) is 2. The van der Waals surface area contributed by atoms with Gasteiger partial charge in [-0.05, 0) is 35.7 Å².